The van der Waals surface area contributed by atoms with Gasteiger partial charge in [0.25, 0.3) is 0 Å². The molecule has 33 heavy (non-hydrogen) atoms. The van der Waals surface area contributed by atoms with Crippen molar-refractivity contribution in [3.8, 4) is 17.2 Å². The molecule has 0 spiro atoms. The zero-order valence-corrected chi connectivity index (χ0v) is 19.4. The smallest absolute Gasteiger partial charge is 0.342 e. The Labute approximate surface area is 195 Å². The number of hydrogen-bond donors (Lipinski definition) is 1. The summed E-state index contributed by atoms with van der Waals surface area (Å²) in [6.07, 6.45) is 1.15. The van der Waals surface area contributed by atoms with Crippen LogP contribution < -0.4 is 9.47 Å². The fourth-order valence-corrected chi connectivity index (χ4v) is 3.53. The summed E-state index contributed by atoms with van der Waals surface area (Å²) < 4.78 is 17.1. The van der Waals surface area contributed by atoms with Crippen LogP contribution in [0.4, 0.5) is 0 Å². The van der Waals surface area contributed by atoms with E-state index in [1.54, 1.807) is 25.3 Å². The van der Waals surface area contributed by atoms with Crippen molar-refractivity contribution in [2.45, 2.75) is 18.9 Å². The van der Waals surface area contributed by atoms with Crippen LogP contribution in [0.1, 0.15) is 21.5 Å². The molecule has 0 unspecified atom stereocenters. The Morgan fingerprint density at radius 3 is 2.48 bits per heavy atom. The third-order valence-corrected chi connectivity index (χ3v) is 5.18. The van der Waals surface area contributed by atoms with E-state index >= 15 is 0 Å². The number of phenolic OH excluding ortho intramolecular Hbond substituents is 1. The lowest BCUT2D eigenvalue weighted by Crippen LogP contribution is -2.35. The van der Waals surface area contributed by atoms with Gasteiger partial charge in [0.15, 0.2) is 0 Å². The number of methoxy groups -OCH3 is 1. The lowest BCUT2D eigenvalue weighted by molar-refractivity contribution is 0.0100. The molecule has 3 aromatic rings. The number of hydrogen-bond acceptors (Lipinski definition) is 6. The summed E-state index contributed by atoms with van der Waals surface area (Å²) in [7, 11) is 5.48. The molecule has 1 N–H and O–H groups in total. The molecule has 0 heterocycles. The largest absolute Gasteiger partial charge is 0.507 e. The van der Waals surface area contributed by atoms with Crippen LogP contribution >= 0.6 is 0 Å². The van der Waals surface area contributed by atoms with Crippen LogP contribution in [0.5, 0.6) is 17.2 Å². The van der Waals surface area contributed by atoms with Crippen LogP contribution in [0.25, 0.3) is 0 Å². The number of aryl methyl sites for hydroxylation is 2. The van der Waals surface area contributed by atoms with Gasteiger partial charge < -0.3 is 24.2 Å². The fourth-order valence-electron chi connectivity index (χ4n) is 3.53. The average Bonchev–Trinajstić information content (AvgIpc) is 2.81. The molecule has 3 rings (SSSR count). The first kappa shape index (κ1) is 24.1. The first-order valence-electron chi connectivity index (χ1n) is 10.9. The van der Waals surface area contributed by atoms with E-state index in [9.17, 15) is 9.90 Å². The van der Waals surface area contributed by atoms with Crippen LogP contribution in [0.3, 0.4) is 0 Å². The lowest BCUT2D eigenvalue weighted by Gasteiger charge is -2.22. The molecule has 0 aliphatic heterocycles. The highest BCUT2D eigenvalue weighted by Crippen LogP contribution is 2.23. The summed E-state index contributed by atoms with van der Waals surface area (Å²) in [5.41, 5.74) is 2.40. The minimum atomic E-state index is -0.574. The first-order chi connectivity index (χ1) is 16.0. The maximum absolute atomic E-state index is 12.6. The van der Waals surface area contributed by atoms with Gasteiger partial charge >= 0.3 is 5.97 Å². The number of ether oxygens (including phenoxy) is 3. The van der Waals surface area contributed by atoms with Gasteiger partial charge in [-0.05, 0) is 68.4 Å². The van der Waals surface area contributed by atoms with E-state index < -0.39 is 12.1 Å². The normalized spacial score (nSPS) is 11.8. The van der Waals surface area contributed by atoms with Crippen molar-refractivity contribution in [2.24, 2.45) is 0 Å². The summed E-state index contributed by atoms with van der Waals surface area (Å²) in [5.74, 6) is 0.933. The van der Waals surface area contributed by atoms with Gasteiger partial charge in [0.1, 0.15) is 35.5 Å². The molecule has 0 aliphatic rings. The monoisotopic (exact) mass is 449 g/mol. The third-order valence-electron chi connectivity index (χ3n) is 5.18. The molecule has 6 nitrogen and oxygen atoms in total. The first-order valence-corrected chi connectivity index (χ1v) is 10.9. The standard InChI is InChI=1S/C27H31NO5/c1-28(2)18-23(33-27(30)24-12-5-6-13-25(24)29)19-32-26-14-7-4-10-21(26)16-15-20-9-8-11-22(17-20)31-3/h4-14,17,23,29H,15-16,18-19H2,1-3H3/t23-/m1/s1. The number of rotatable bonds is 11. The molecule has 0 fully saturated rings. The van der Waals surface area contributed by atoms with E-state index in [0.29, 0.717) is 6.54 Å². The maximum atomic E-state index is 12.6. The Morgan fingerprint density at radius 2 is 1.73 bits per heavy atom. The molecule has 6 heteroatoms. The molecule has 3 aromatic carbocycles. The van der Waals surface area contributed by atoms with Gasteiger partial charge in [-0.1, -0.05) is 42.5 Å². The van der Waals surface area contributed by atoms with Crippen LogP contribution in [0, 0.1) is 0 Å². The van der Waals surface area contributed by atoms with Crippen molar-refractivity contribution >= 4 is 5.97 Å². The topological polar surface area (TPSA) is 68.2 Å². The quantitative estimate of drug-likeness (QED) is 0.439. The van der Waals surface area contributed by atoms with Crippen LogP contribution in [0.15, 0.2) is 72.8 Å². The predicted molar refractivity (Wildman–Crippen MR) is 128 cm³/mol. The zero-order valence-electron chi connectivity index (χ0n) is 19.4. The molecule has 0 aromatic heterocycles. The number of aromatic hydroxyl groups is 1. The van der Waals surface area contributed by atoms with Gasteiger partial charge in [-0.25, -0.2) is 4.79 Å². The van der Waals surface area contributed by atoms with Crippen LogP contribution in [-0.4, -0.2) is 56.4 Å². The second-order valence-electron chi connectivity index (χ2n) is 8.08. The van der Waals surface area contributed by atoms with E-state index in [4.69, 9.17) is 14.2 Å². The van der Waals surface area contributed by atoms with E-state index in [1.807, 2.05) is 61.5 Å². The van der Waals surface area contributed by atoms with E-state index in [2.05, 4.69) is 6.07 Å². The van der Waals surface area contributed by atoms with Gasteiger partial charge in [0.2, 0.25) is 0 Å². The SMILES string of the molecule is COc1cccc(CCc2ccccc2OC[C@@H](CN(C)C)OC(=O)c2ccccc2O)c1. The number of nitrogens with zero attached hydrogens (tertiary/aromatic N) is 1. The fraction of sp³-hybridized carbons (Fsp3) is 0.296. The molecule has 0 radical (unpaired) electrons. The minimum absolute atomic E-state index is 0.102. The van der Waals surface area contributed by atoms with Crippen molar-refractivity contribution in [3.05, 3.63) is 89.5 Å². The van der Waals surface area contributed by atoms with Crippen LogP contribution in [-0.2, 0) is 17.6 Å². The molecule has 0 saturated carbocycles. The summed E-state index contributed by atoms with van der Waals surface area (Å²) in [4.78, 5) is 14.5. The van der Waals surface area contributed by atoms with E-state index in [1.165, 1.54) is 11.6 Å². The average molecular weight is 450 g/mol. The van der Waals surface area contributed by atoms with E-state index in [-0.39, 0.29) is 17.9 Å². The highest BCUT2D eigenvalue weighted by Gasteiger charge is 2.20. The Morgan fingerprint density at radius 1 is 0.970 bits per heavy atom. The van der Waals surface area contributed by atoms with Gasteiger partial charge in [-0.15, -0.1) is 0 Å². The summed E-state index contributed by atoms with van der Waals surface area (Å²) in [6, 6.07) is 22.3. The molecule has 0 aliphatic carbocycles. The van der Waals surface area contributed by atoms with E-state index in [0.717, 1.165) is 29.9 Å². The molecular formula is C27H31NO5. The Balaban J connectivity index is 1.65. The summed E-state index contributed by atoms with van der Waals surface area (Å²) in [5, 5.41) is 9.96. The van der Waals surface area contributed by atoms with Crippen molar-refractivity contribution < 1.29 is 24.1 Å². The molecular weight excluding hydrogens is 418 g/mol. The molecule has 0 amide bonds. The van der Waals surface area contributed by atoms with Crippen molar-refractivity contribution in [2.75, 3.05) is 34.4 Å². The lowest BCUT2D eigenvalue weighted by atomic mass is 10.0. The van der Waals surface area contributed by atoms with Crippen molar-refractivity contribution in [1.29, 1.82) is 0 Å². The number of likely N-dealkylation sites (N-methyl/N-ethyl adjacent to an activating group) is 1. The zero-order chi connectivity index (χ0) is 23.6. The Bertz CT molecular complexity index is 1050. The number of carbonyl (C=O) groups excluding carboxylic acids is 1. The molecule has 0 saturated heterocycles. The Hall–Kier alpha value is -3.51. The Kier molecular flexibility index (Phi) is 8.72. The highest BCUT2D eigenvalue weighted by molar-refractivity contribution is 5.92. The van der Waals surface area contributed by atoms with Crippen LogP contribution in [0.2, 0.25) is 0 Å². The minimum Gasteiger partial charge on any atom is -0.507 e. The number of esters is 1. The molecule has 0 bridgehead atoms. The summed E-state index contributed by atoms with van der Waals surface area (Å²) >= 11 is 0. The van der Waals surface area contributed by atoms with Crippen molar-refractivity contribution in [3.63, 3.8) is 0 Å². The number of para-hydroxylation sites is 2. The number of phenols is 1. The third kappa shape index (κ3) is 7.26. The summed E-state index contributed by atoms with van der Waals surface area (Å²) in [6.45, 7) is 0.693. The van der Waals surface area contributed by atoms with Gasteiger partial charge in [0, 0.05) is 6.54 Å². The highest BCUT2D eigenvalue weighted by atomic mass is 16.6. The molecule has 1 atom stereocenters. The molecule has 174 valence electrons. The van der Waals surface area contributed by atoms with Gasteiger partial charge in [0.05, 0.1) is 7.11 Å². The van der Waals surface area contributed by atoms with Gasteiger partial charge in [-0.2, -0.15) is 0 Å². The second-order valence-corrected chi connectivity index (χ2v) is 8.08. The van der Waals surface area contributed by atoms with Crippen molar-refractivity contribution in [1.82, 2.24) is 4.90 Å². The second kappa shape index (κ2) is 11.9. The number of benzene rings is 3. The number of carbonyl (C=O) groups is 1. The predicted octanol–water partition coefficient (Wildman–Crippen LogP) is 4.35. The maximum Gasteiger partial charge on any atom is 0.342 e. The van der Waals surface area contributed by atoms with Gasteiger partial charge in [-0.3, -0.25) is 0 Å².